The largest absolute Gasteiger partial charge is 0.465 e. The highest BCUT2D eigenvalue weighted by Gasteiger charge is 2.04. The summed E-state index contributed by atoms with van der Waals surface area (Å²) in [6.45, 7) is 0. The lowest BCUT2D eigenvalue weighted by Gasteiger charge is -1.93. The quantitative estimate of drug-likeness (QED) is 0.619. The predicted molar refractivity (Wildman–Crippen MR) is 41.7 cm³/mol. The summed E-state index contributed by atoms with van der Waals surface area (Å²) >= 11 is 1.02. The van der Waals surface area contributed by atoms with Crippen LogP contribution < -0.4 is 5.32 Å². The van der Waals surface area contributed by atoms with Gasteiger partial charge >= 0.3 is 6.09 Å². The first-order valence-electron chi connectivity index (χ1n) is 2.65. The number of carboxylic acid groups (broad SMARTS) is 1. The minimum absolute atomic E-state index is 0.389. The van der Waals surface area contributed by atoms with Crippen LogP contribution in [0.4, 0.5) is 9.80 Å². The van der Waals surface area contributed by atoms with Crippen molar-refractivity contribution in [3.05, 3.63) is 11.8 Å². The number of nitrogens with one attached hydrogen (secondary N) is 1. The minimum atomic E-state index is -1.13. The highest BCUT2D eigenvalue weighted by atomic mass is 32.1. The topological polar surface area (TPSA) is 62.2 Å². The van der Waals surface area contributed by atoms with E-state index in [4.69, 9.17) is 11.5 Å². The summed E-state index contributed by atoms with van der Waals surface area (Å²) in [5, 5.41) is 10.8. The number of hydrogen-bond donors (Lipinski definition) is 2. The molecule has 4 nitrogen and oxygen atoms in total. The van der Waals surface area contributed by atoms with Crippen molar-refractivity contribution in [2.75, 3.05) is 5.32 Å². The van der Waals surface area contributed by atoms with Gasteiger partial charge in [0, 0.05) is 0 Å². The van der Waals surface area contributed by atoms with Crippen LogP contribution in [0.25, 0.3) is 0 Å². The number of anilines is 1. The molecule has 1 aromatic heterocycles. The molecule has 1 heterocycles. The van der Waals surface area contributed by atoms with Gasteiger partial charge in [-0.15, -0.1) is 6.42 Å². The van der Waals surface area contributed by atoms with Gasteiger partial charge in [-0.1, -0.05) is 5.92 Å². The maximum Gasteiger partial charge on any atom is 0.409 e. The Labute approximate surface area is 67.0 Å². The molecule has 0 saturated heterocycles. The van der Waals surface area contributed by atoms with Crippen LogP contribution in [0.15, 0.2) is 6.20 Å². The van der Waals surface area contributed by atoms with E-state index < -0.39 is 6.09 Å². The average molecular weight is 168 g/mol. The van der Waals surface area contributed by atoms with Crippen molar-refractivity contribution in [1.82, 2.24) is 4.37 Å². The van der Waals surface area contributed by atoms with Crippen LogP contribution in [0.3, 0.4) is 0 Å². The van der Waals surface area contributed by atoms with E-state index in [1.165, 1.54) is 6.20 Å². The van der Waals surface area contributed by atoms with Crippen LogP contribution in [0.2, 0.25) is 0 Å². The van der Waals surface area contributed by atoms with Gasteiger partial charge in [0.25, 0.3) is 0 Å². The third-order valence-electron chi connectivity index (χ3n) is 0.946. The smallest absolute Gasteiger partial charge is 0.409 e. The number of terminal acetylenes is 1. The van der Waals surface area contributed by atoms with E-state index in [9.17, 15) is 4.79 Å². The van der Waals surface area contributed by atoms with Crippen molar-refractivity contribution in [1.29, 1.82) is 0 Å². The maximum absolute atomic E-state index is 10.1. The SMILES string of the molecule is C#Cc1cnsc1NC(=O)O. The van der Waals surface area contributed by atoms with E-state index in [1.54, 1.807) is 0 Å². The van der Waals surface area contributed by atoms with Gasteiger partial charge in [0.2, 0.25) is 0 Å². The Morgan fingerprint density at radius 2 is 2.64 bits per heavy atom. The van der Waals surface area contributed by atoms with Gasteiger partial charge in [-0.25, -0.2) is 4.79 Å². The van der Waals surface area contributed by atoms with E-state index in [-0.39, 0.29) is 0 Å². The first kappa shape index (κ1) is 7.57. The number of rotatable bonds is 1. The Bertz CT molecular complexity index is 313. The Kier molecular flexibility index (Phi) is 2.09. The molecule has 0 saturated carbocycles. The molecule has 0 aliphatic carbocycles. The molecule has 1 rings (SSSR count). The molecule has 2 N–H and O–H groups in total. The first-order chi connectivity index (χ1) is 5.24. The fourth-order valence-electron chi connectivity index (χ4n) is 0.530. The standard InChI is InChI=1S/C6H4N2O2S/c1-2-4-3-7-11-5(4)8-6(9)10/h1,3,8H,(H,9,10). The third kappa shape index (κ3) is 1.69. The van der Waals surface area contributed by atoms with E-state index in [2.05, 4.69) is 15.6 Å². The van der Waals surface area contributed by atoms with Crippen molar-refractivity contribution in [2.24, 2.45) is 0 Å². The fraction of sp³-hybridized carbons (Fsp3) is 0. The summed E-state index contributed by atoms with van der Waals surface area (Å²) in [4.78, 5) is 10.1. The molecular formula is C6H4N2O2S. The van der Waals surface area contributed by atoms with E-state index in [0.29, 0.717) is 10.6 Å². The molecule has 0 radical (unpaired) electrons. The molecular weight excluding hydrogens is 164 g/mol. The lowest BCUT2D eigenvalue weighted by Crippen LogP contribution is -2.06. The molecule has 0 spiro atoms. The molecule has 0 aromatic carbocycles. The summed E-state index contributed by atoms with van der Waals surface area (Å²) in [7, 11) is 0. The first-order valence-corrected chi connectivity index (χ1v) is 3.42. The van der Waals surface area contributed by atoms with Crippen LogP contribution >= 0.6 is 11.5 Å². The molecule has 0 unspecified atom stereocenters. The molecule has 0 aliphatic heterocycles. The Hall–Kier alpha value is -1.54. The molecule has 5 heteroatoms. The van der Waals surface area contributed by atoms with Crippen molar-refractivity contribution < 1.29 is 9.90 Å². The second-order valence-corrected chi connectivity index (χ2v) is 2.44. The monoisotopic (exact) mass is 168 g/mol. The highest BCUT2D eigenvalue weighted by Crippen LogP contribution is 2.18. The number of nitrogens with zero attached hydrogens (tertiary/aromatic N) is 1. The van der Waals surface area contributed by atoms with Crippen LogP contribution in [-0.4, -0.2) is 15.6 Å². The van der Waals surface area contributed by atoms with Crippen molar-refractivity contribution in [2.45, 2.75) is 0 Å². The Balaban J connectivity index is 2.87. The van der Waals surface area contributed by atoms with Gasteiger partial charge < -0.3 is 5.11 Å². The summed E-state index contributed by atoms with van der Waals surface area (Å²) in [6.07, 6.45) is 5.36. The molecule has 56 valence electrons. The third-order valence-corrected chi connectivity index (χ3v) is 1.66. The summed E-state index contributed by atoms with van der Waals surface area (Å²) in [5.74, 6) is 2.30. The Morgan fingerprint density at radius 3 is 3.18 bits per heavy atom. The van der Waals surface area contributed by atoms with E-state index >= 15 is 0 Å². The Morgan fingerprint density at radius 1 is 1.91 bits per heavy atom. The minimum Gasteiger partial charge on any atom is -0.465 e. The van der Waals surface area contributed by atoms with Crippen LogP contribution in [-0.2, 0) is 0 Å². The second-order valence-electron chi connectivity index (χ2n) is 1.64. The number of hydrogen-bond acceptors (Lipinski definition) is 3. The van der Waals surface area contributed by atoms with Gasteiger partial charge in [-0.3, -0.25) is 5.32 Å². The van der Waals surface area contributed by atoms with Crippen molar-refractivity contribution in [3.63, 3.8) is 0 Å². The lowest BCUT2D eigenvalue weighted by molar-refractivity contribution is 0.210. The van der Waals surface area contributed by atoms with Gasteiger partial charge in [0.1, 0.15) is 5.00 Å². The molecule has 0 fully saturated rings. The zero-order valence-electron chi connectivity index (χ0n) is 5.37. The van der Waals surface area contributed by atoms with E-state index in [1.807, 2.05) is 0 Å². The number of aromatic nitrogens is 1. The summed E-state index contributed by atoms with van der Waals surface area (Å²) in [6, 6.07) is 0. The zero-order valence-corrected chi connectivity index (χ0v) is 6.18. The van der Waals surface area contributed by atoms with Crippen molar-refractivity contribution >= 4 is 22.6 Å². The normalized spacial score (nSPS) is 8.64. The van der Waals surface area contributed by atoms with Crippen LogP contribution in [0, 0.1) is 12.3 Å². The van der Waals surface area contributed by atoms with Gasteiger partial charge in [0.05, 0.1) is 11.8 Å². The average Bonchev–Trinajstić information content (AvgIpc) is 2.34. The van der Waals surface area contributed by atoms with Gasteiger partial charge in [-0.2, -0.15) is 4.37 Å². The fourth-order valence-corrected chi connectivity index (χ4v) is 1.14. The summed E-state index contributed by atoms with van der Waals surface area (Å²) < 4.78 is 3.72. The second kappa shape index (κ2) is 3.03. The molecule has 1 amide bonds. The molecule has 11 heavy (non-hydrogen) atoms. The number of amides is 1. The van der Waals surface area contributed by atoms with Crippen LogP contribution in [0.5, 0.6) is 0 Å². The predicted octanol–water partition coefficient (Wildman–Crippen LogP) is 1.21. The molecule has 0 atom stereocenters. The lowest BCUT2D eigenvalue weighted by atomic mass is 10.4. The molecule has 1 aromatic rings. The summed E-state index contributed by atoms with van der Waals surface area (Å²) in [5.41, 5.74) is 0.470. The van der Waals surface area contributed by atoms with E-state index in [0.717, 1.165) is 11.5 Å². The molecule has 0 bridgehead atoms. The van der Waals surface area contributed by atoms with Gasteiger partial charge in [0.15, 0.2) is 0 Å². The number of carbonyl (C=O) groups is 1. The van der Waals surface area contributed by atoms with Crippen molar-refractivity contribution in [3.8, 4) is 12.3 Å². The molecule has 0 aliphatic rings. The van der Waals surface area contributed by atoms with Gasteiger partial charge in [-0.05, 0) is 11.5 Å². The highest BCUT2D eigenvalue weighted by molar-refractivity contribution is 7.10. The van der Waals surface area contributed by atoms with Crippen LogP contribution in [0.1, 0.15) is 5.56 Å². The maximum atomic E-state index is 10.1. The zero-order chi connectivity index (χ0) is 8.27.